The maximum absolute atomic E-state index is 12.4. The highest BCUT2D eigenvalue weighted by Crippen LogP contribution is 2.16. The zero-order chi connectivity index (χ0) is 53.6. The molecule has 432 valence electrons. The number of esters is 1. The Balaban J connectivity index is 3.44. The molecule has 2 unspecified atom stereocenters. The van der Waals surface area contributed by atoms with Crippen molar-refractivity contribution in [1.82, 2.24) is 5.32 Å². The number of ether oxygens (including phenoxy) is 1. The molecule has 0 spiro atoms. The van der Waals surface area contributed by atoms with Gasteiger partial charge in [-0.1, -0.05) is 286 Å². The molecule has 0 saturated heterocycles. The highest BCUT2D eigenvalue weighted by atomic mass is 16.5. The third-order valence-electron chi connectivity index (χ3n) is 14.8. The van der Waals surface area contributed by atoms with Crippen molar-refractivity contribution < 1.29 is 24.5 Å². The molecule has 0 fully saturated rings. The van der Waals surface area contributed by atoms with Gasteiger partial charge in [0.1, 0.15) is 0 Å². The summed E-state index contributed by atoms with van der Waals surface area (Å²) in [4.78, 5) is 24.5. The second kappa shape index (κ2) is 63.1. The lowest BCUT2D eigenvalue weighted by atomic mass is 10.0. The van der Waals surface area contributed by atoms with Crippen LogP contribution in [0.1, 0.15) is 335 Å². The van der Waals surface area contributed by atoms with Crippen LogP contribution in [0.5, 0.6) is 0 Å². The average Bonchev–Trinajstić information content (AvgIpc) is 3.40. The van der Waals surface area contributed by atoms with Crippen LogP contribution in [-0.2, 0) is 14.3 Å². The van der Waals surface area contributed by atoms with Crippen molar-refractivity contribution in [3.05, 3.63) is 60.8 Å². The predicted molar refractivity (Wildman–Crippen MR) is 324 cm³/mol. The molecule has 3 N–H and O–H groups in total. The Hall–Kier alpha value is -2.44. The number of amides is 1. The van der Waals surface area contributed by atoms with Crippen LogP contribution in [0, 0.1) is 0 Å². The Morgan fingerprint density at radius 1 is 0.378 bits per heavy atom. The zero-order valence-corrected chi connectivity index (χ0v) is 49.3. The fraction of sp³-hybridized carbons (Fsp3) is 0.824. The lowest BCUT2D eigenvalue weighted by Crippen LogP contribution is -2.45. The van der Waals surface area contributed by atoms with E-state index in [-0.39, 0.29) is 18.5 Å². The van der Waals surface area contributed by atoms with Crippen LogP contribution in [-0.4, -0.2) is 47.4 Å². The first kappa shape index (κ1) is 71.6. The van der Waals surface area contributed by atoms with Gasteiger partial charge in [-0.3, -0.25) is 9.59 Å². The third kappa shape index (κ3) is 58.8. The van der Waals surface area contributed by atoms with E-state index in [9.17, 15) is 19.8 Å². The standard InChI is InChI=1S/C68H125NO5/c1-3-5-7-9-11-13-15-17-18-19-27-31-34-38-42-46-50-54-58-62-68(73)74-63-59-55-51-47-43-39-35-32-29-26-24-22-20-21-23-25-28-30-33-37-41-45-49-53-57-61-67(72)69-65(64-70)66(71)60-56-52-48-44-40-36-16-14-12-10-8-6-4-2/h11,13,17-18,21-24,56,60,65-66,70-71H,3-10,12,14-16,19-20,25-55,57-59,61-64H2,1-2H3,(H,69,72)/b13-11-,18-17-,23-21-,24-22-,60-56+. The molecule has 0 aromatic rings. The first-order valence-corrected chi connectivity index (χ1v) is 32.6. The van der Waals surface area contributed by atoms with Gasteiger partial charge < -0.3 is 20.3 Å². The monoisotopic (exact) mass is 1040 g/mol. The molecular formula is C68H125NO5. The fourth-order valence-electron chi connectivity index (χ4n) is 9.75. The molecular weight excluding hydrogens is 911 g/mol. The Kier molecular flexibility index (Phi) is 61.0. The van der Waals surface area contributed by atoms with E-state index in [0.29, 0.717) is 19.4 Å². The first-order valence-electron chi connectivity index (χ1n) is 32.6. The maximum atomic E-state index is 12.4. The number of unbranched alkanes of at least 4 members (excludes halogenated alkanes) is 41. The number of nitrogens with one attached hydrogen (secondary N) is 1. The Labute approximate surface area is 460 Å². The molecule has 0 radical (unpaired) electrons. The van der Waals surface area contributed by atoms with Gasteiger partial charge in [0.2, 0.25) is 5.91 Å². The van der Waals surface area contributed by atoms with Crippen molar-refractivity contribution in [3.63, 3.8) is 0 Å². The van der Waals surface area contributed by atoms with Gasteiger partial charge in [0.15, 0.2) is 0 Å². The van der Waals surface area contributed by atoms with E-state index in [1.165, 1.54) is 250 Å². The van der Waals surface area contributed by atoms with Crippen LogP contribution in [0.3, 0.4) is 0 Å². The molecule has 74 heavy (non-hydrogen) atoms. The van der Waals surface area contributed by atoms with E-state index in [2.05, 4.69) is 67.8 Å². The largest absolute Gasteiger partial charge is 0.466 e. The van der Waals surface area contributed by atoms with Crippen LogP contribution in [0.15, 0.2) is 60.8 Å². The molecule has 6 heteroatoms. The number of allylic oxidation sites excluding steroid dienone is 9. The molecule has 0 aliphatic carbocycles. The summed E-state index contributed by atoms with van der Waals surface area (Å²) in [6.45, 7) is 4.87. The van der Waals surface area contributed by atoms with E-state index in [4.69, 9.17) is 4.74 Å². The van der Waals surface area contributed by atoms with Gasteiger partial charge in [-0.05, 0) is 96.3 Å². The number of carbonyl (C=O) groups is 2. The molecule has 0 aliphatic rings. The molecule has 1 amide bonds. The van der Waals surface area contributed by atoms with Gasteiger partial charge in [-0.25, -0.2) is 0 Å². The summed E-state index contributed by atoms with van der Waals surface area (Å²) in [7, 11) is 0. The molecule has 0 saturated carbocycles. The summed E-state index contributed by atoms with van der Waals surface area (Å²) in [5, 5.41) is 23.1. The predicted octanol–water partition coefficient (Wildman–Crippen LogP) is 20.7. The lowest BCUT2D eigenvalue weighted by molar-refractivity contribution is -0.143. The van der Waals surface area contributed by atoms with Crippen LogP contribution < -0.4 is 5.32 Å². The molecule has 0 aromatic carbocycles. The van der Waals surface area contributed by atoms with Crippen LogP contribution >= 0.6 is 0 Å². The molecule has 2 atom stereocenters. The second-order valence-electron chi connectivity index (χ2n) is 22.1. The molecule has 0 aliphatic heterocycles. The number of aliphatic hydroxyl groups excluding tert-OH is 2. The van der Waals surface area contributed by atoms with Crippen molar-refractivity contribution in [2.24, 2.45) is 0 Å². The zero-order valence-electron chi connectivity index (χ0n) is 49.3. The maximum Gasteiger partial charge on any atom is 0.305 e. The summed E-state index contributed by atoms with van der Waals surface area (Å²) < 4.78 is 5.50. The van der Waals surface area contributed by atoms with Gasteiger partial charge in [0.05, 0.1) is 25.4 Å². The van der Waals surface area contributed by atoms with E-state index in [0.717, 1.165) is 57.8 Å². The van der Waals surface area contributed by atoms with Crippen molar-refractivity contribution in [1.29, 1.82) is 0 Å². The molecule has 0 heterocycles. The quantitative estimate of drug-likeness (QED) is 0.0320. The van der Waals surface area contributed by atoms with Crippen LogP contribution in [0.4, 0.5) is 0 Å². The number of aliphatic hydroxyl groups is 2. The molecule has 0 aromatic heterocycles. The third-order valence-corrected chi connectivity index (χ3v) is 14.8. The van der Waals surface area contributed by atoms with Gasteiger partial charge in [-0.2, -0.15) is 0 Å². The average molecular weight is 1040 g/mol. The number of carbonyl (C=O) groups excluding carboxylic acids is 2. The van der Waals surface area contributed by atoms with E-state index in [1.807, 2.05) is 6.08 Å². The van der Waals surface area contributed by atoms with Crippen LogP contribution in [0.2, 0.25) is 0 Å². The molecule has 6 nitrogen and oxygen atoms in total. The SMILES string of the molecule is CCCCC/C=C\C/C=C\CCCCCCCCCCCC(=O)OCCCCCCCCCCC/C=C\C/C=C\CCCCCCCCCCCC(=O)NC(CO)C(O)/C=C/CCCCCCCCCCCCC. The number of hydrogen-bond donors (Lipinski definition) is 3. The van der Waals surface area contributed by atoms with Crippen molar-refractivity contribution in [2.45, 2.75) is 347 Å². The van der Waals surface area contributed by atoms with Gasteiger partial charge in [0, 0.05) is 12.8 Å². The normalized spacial score (nSPS) is 13.0. The Morgan fingerprint density at radius 2 is 0.676 bits per heavy atom. The van der Waals surface area contributed by atoms with Crippen molar-refractivity contribution in [2.75, 3.05) is 13.2 Å². The topological polar surface area (TPSA) is 95.9 Å². The summed E-state index contributed by atoms with van der Waals surface area (Å²) in [5.74, 6) is -0.0703. The van der Waals surface area contributed by atoms with Gasteiger partial charge in [0.25, 0.3) is 0 Å². The van der Waals surface area contributed by atoms with Crippen molar-refractivity contribution in [3.8, 4) is 0 Å². The minimum Gasteiger partial charge on any atom is -0.466 e. The van der Waals surface area contributed by atoms with Gasteiger partial charge >= 0.3 is 5.97 Å². The Morgan fingerprint density at radius 3 is 1.05 bits per heavy atom. The summed E-state index contributed by atoms with van der Waals surface area (Å²) in [5.41, 5.74) is 0. The number of rotatable bonds is 60. The van der Waals surface area contributed by atoms with E-state index < -0.39 is 12.1 Å². The first-order chi connectivity index (χ1) is 36.5. The smallest absolute Gasteiger partial charge is 0.305 e. The number of hydrogen-bond acceptors (Lipinski definition) is 5. The summed E-state index contributed by atoms with van der Waals surface area (Å²) in [6.07, 6.45) is 82.7. The van der Waals surface area contributed by atoms with Crippen LogP contribution in [0.25, 0.3) is 0 Å². The molecule has 0 rings (SSSR count). The fourth-order valence-corrected chi connectivity index (χ4v) is 9.75. The highest BCUT2D eigenvalue weighted by molar-refractivity contribution is 5.76. The van der Waals surface area contributed by atoms with Crippen molar-refractivity contribution >= 4 is 11.9 Å². The molecule has 0 bridgehead atoms. The summed E-state index contributed by atoms with van der Waals surface area (Å²) >= 11 is 0. The minimum absolute atomic E-state index is 0.00433. The lowest BCUT2D eigenvalue weighted by Gasteiger charge is -2.20. The minimum atomic E-state index is -0.849. The highest BCUT2D eigenvalue weighted by Gasteiger charge is 2.18. The summed E-state index contributed by atoms with van der Waals surface area (Å²) in [6, 6.07) is -0.633. The van der Waals surface area contributed by atoms with E-state index in [1.54, 1.807) is 6.08 Å². The Bertz CT molecular complexity index is 1290. The van der Waals surface area contributed by atoms with E-state index >= 15 is 0 Å². The van der Waals surface area contributed by atoms with Gasteiger partial charge in [-0.15, -0.1) is 0 Å². The second-order valence-corrected chi connectivity index (χ2v) is 22.1.